The smallest absolute Gasteiger partial charge is 0.254 e. The van der Waals surface area contributed by atoms with E-state index in [4.69, 9.17) is 5.10 Å². The van der Waals surface area contributed by atoms with Gasteiger partial charge >= 0.3 is 0 Å². The van der Waals surface area contributed by atoms with Crippen molar-refractivity contribution in [1.82, 2.24) is 19.2 Å². The van der Waals surface area contributed by atoms with Crippen molar-refractivity contribution in [1.29, 1.82) is 0 Å². The van der Waals surface area contributed by atoms with Gasteiger partial charge in [-0.25, -0.2) is 4.68 Å². The van der Waals surface area contributed by atoms with Crippen LogP contribution in [0.4, 0.5) is 0 Å². The van der Waals surface area contributed by atoms with Gasteiger partial charge in [0.1, 0.15) is 5.82 Å². The van der Waals surface area contributed by atoms with Gasteiger partial charge in [-0.15, -0.1) is 0 Å². The van der Waals surface area contributed by atoms with Crippen LogP contribution in [0.3, 0.4) is 0 Å². The fourth-order valence-corrected chi connectivity index (χ4v) is 4.16. The third kappa shape index (κ3) is 3.17. The number of amides is 1. The van der Waals surface area contributed by atoms with Crippen LogP contribution in [0, 0.1) is 13.8 Å². The van der Waals surface area contributed by atoms with Gasteiger partial charge in [0.2, 0.25) is 0 Å². The predicted molar refractivity (Wildman–Crippen MR) is 120 cm³/mol. The number of aryl methyl sites for hydroxylation is 2. The Labute approximate surface area is 183 Å². The molecule has 2 aromatic heterocycles. The van der Waals surface area contributed by atoms with Gasteiger partial charge in [-0.3, -0.25) is 4.79 Å². The van der Waals surface area contributed by atoms with Crippen molar-refractivity contribution < 1.29 is 4.79 Å². The molecule has 30 heavy (non-hydrogen) atoms. The van der Waals surface area contributed by atoms with Gasteiger partial charge in [0.15, 0.2) is 0 Å². The molecule has 0 radical (unpaired) electrons. The summed E-state index contributed by atoms with van der Waals surface area (Å²) in [7, 11) is 0. The molecule has 150 valence electrons. The van der Waals surface area contributed by atoms with Crippen LogP contribution < -0.4 is 0 Å². The Bertz CT molecular complexity index is 1240. The van der Waals surface area contributed by atoms with E-state index in [-0.39, 0.29) is 5.91 Å². The lowest BCUT2D eigenvalue weighted by molar-refractivity contribution is 0.0749. The molecule has 0 saturated heterocycles. The van der Waals surface area contributed by atoms with Crippen molar-refractivity contribution >= 4 is 21.8 Å². The monoisotopic (exact) mass is 460 g/mol. The molecule has 3 heterocycles. The van der Waals surface area contributed by atoms with Crippen molar-refractivity contribution in [2.45, 2.75) is 26.9 Å². The second kappa shape index (κ2) is 7.29. The van der Waals surface area contributed by atoms with Crippen LogP contribution in [-0.4, -0.2) is 25.2 Å². The first-order valence-corrected chi connectivity index (χ1v) is 10.7. The van der Waals surface area contributed by atoms with Crippen LogP contribution in [0.25, 0.3) is 11.5 Å². The molecular weight excluding hydrogens is 440 g/mol. The molecule has 5 rings (SSSR count). The van der Waals surface area contributed by atoms with E-state index in [1.54, 1.807) is 0 Å². The van der Waals surface area contributed by atoms with E-state index in [0.29, 0.717) is 18.7 Å². The quantitative estimate of drug-likeness (QED) is 0.421. The van der Waals surface area contributed by atoms with Gasteiger partial charge in [-0.2, -0.15) is 5.10 Å². The Morgan fingerprint density at radius 1 is 0.967 bits per heavy atom. The summed E-state index contributed by atoms with van der Waals surface area (Å²) in [6.07, 6.45) is 4.04. The number of hydrogen-bond acceptors (Lipinski definition) is 2. The maximum atomic E-state index is 13.0. The number of halogens is 1. The van der Waals surface area contributed by atoms with Crippen LogP contribution in [-0.2, 0) is 13.1 Å². The average Bonchev–Trinajstić information content (AvgIpc) is 3.46. The molecule has 4 aromatic rings. The molecule has 6 heteroatoms. The van der Waals surface area contributed by atoms with Crippen molar-refractivity contribution in [2.24, 2.45) is 0 Å². The van der Waals surface area contributed by atoms with E-state index in [1.165, 1.54) is 11.1 Å². The first-order valence-electron chi connectivity index (χ1n) is 9.88. The molecule has 2 aromatic carbocycles. The molecule has 0 spiro atoms. The van der Waals surface area contributed by atoms with Crippen molar-refractivity contribution in [3.8, 4) is 11.5 Å². The fourth-order valence-electron chi connectivity index (χ4n) is 3.90. The lowest BCUT2D eigenvalue weighted by Crippen LogP contribution is -2.26. The van der Waals surface area contributed by atoms with Crippen LogP contribution in [0.1, 0.15) is 32.7 Å². The van der Waals surface area contributed by atoms with Gasteiger partial charge in [0.25, 0.3) is 5.91 Å². The van der Waals surface area contributed by atoms with Crippen LogP contribution >= 0.6 is 15.9 Å². The minimum atomic E-state index is 0.0247. The predicted octanol–water partition coefficient (Wildman–Crippen LogP) is 5.20. The summed E-state index contributed by atoms with van der Waals surface area (Å²) >= 11 is 3.43. The van der Waals surface area contributed by atoms with E-state index in [1.807, 2.05) is 58.4 Å². The summed E-state index contributed by atoms with van der Waals surface area (Å²) in [6.45, 7) is 5.28. The van der Waals surface area contributed by atoms with Gasteiger partial charge < -0.3 is 9.47 Å². The third-order valence-electron chi connectivity index (χ3n) is 5.69. The number of hydrogen-bond donors (Lipinski definition) is 0. The number of benzene rings is 2. The molecule has 5 nitrogen and oxygen atoms in total. The second-order valence-electron chi connectivity index (χ2n) is 7.69. The number of fused-ring (bicyclic) bond motifs is 1. The zero-order valence-corrected chi connectivity index (χ0v) is 18.4. The van der Waals surface area contributed by atoms with Crippen molar-refractivity contribution in [3.05, 3.63) is 99.4 Å². The molecule has 0 bridgehead atoms. The Morgan fingerprint density at radius 3 is 2.40 bits per heavy atom. The Balaban J connectivity index is 1.54. The van der Waals surface area contributed by atoms with Gasteiger partial charge in [0, 0.05) is 28.0 Å². The molecule has 1 aliphatic heterocycles. The third-order valence-corrected chi connectivity index (χ3v) is 6.22. The summed E-state index contributed by atoms with van der Waals surface area (Å²) in [4.78, 5) is 14.9. The zero-order chi connectivity index (χ0) is 20.8. The zero-order valence-electron chi connectivity index (χ0n) is 16.8. The largest absolute Gasteiger partial charge is 0.328 e. The molecule has 0 N–H and O–H groups in total. The highest BCUT2D eigenvalue weighted by molar-refractivity contribution is 9.10. The summed E-state index contributed by atoms with van der Waals surface area (Å²) in [5, 5.41) is 4.92. The van der Waals surface area contributed by atoms with Crippen LogP contribution in [0.2, 0.25) is 0 Å². The maximum absolute atomic E-state index is 13.0. The van der Waals surface area contributed by atoms with Crippen LogP contribution in [0.5, 0.6) is 0 Å². The number of rotatable bonds is 3. The minimum absolute atomic E-state index is 0.0247. The molecule has 0 saturated carbocycles. The highest BCUT2D eigenvalue weighted by Gasteiger charge is 2.31. The lowest BCUT2D eigenvalue weighted by Gasteiger charge is -2.18. The SMILES string of the molecule is Cc1ccc(-n2nc3c(c2-n2cccc2)CN(C(=O)c2ccc(Br)cc2)C3)cc1C. The highest BCUT2D eigenvalue weighted by atomic mass is 79.9. The van der Waals surface area contributed by atoms with E-state index in [2.05, 4.69) is 52.5 Å². The first kappa shape index (κ1) is 18.9. The molecular formula is C24H21BrN4O. The molecule has 0 aliphatic carbocycles. The lowest BCUT2D eigenvalue weighted by atomic mass is 10.1. The molecule has 0 unspecified atom stereocenters. The molecule has 1 amide bonds. The van der Waals surface area contributed by atoms with Crippen LogP contribution in [0.15, 0.2) is 71.5 Å². The van der Waals surface area contributed by atoms with E-state index in [0.717, 1.165) is 27.2 Å². The number of aromatic nitrogens is 3. The summed E-state index contributed by atoms with van der Waals surface area (Å²) in [6, 6.07) is 17.9. The van der Waals surface area contributed by atoms with Gasteiger partial charge in [0.05, 0.1) is 24.5 Å². The highest BCUT2D eigenvalue weighted by Crippen LogP contribution is 2.32. The summed E-state index contributed by atoms with van der Waals surface area (Å²) in [5.41, 5.74) is 6.24. The molecule has 0 fully saturated rings. The first-order chi connectivity index (χ1) is 14.5. The Kier molecular flexibility index (Phi) is 4.59. The summed E-state index contributed by atoms with van der Waals surface area (Å²) < 4.78 is 5.04. The average molecular weight is 461 g/mol. The van der Waals surface area contributed by atoms with E-state index >= 15 is 0 Å². The van der Waals surface area contributed by atoms with Gasteiger partial charge in [-0.05, 0) is 73.5 Å². The number of carbonyl (C=O) groups excluding carboxylic acids is 1. The minimum Gasteiger partial charge on any atom is -0.328 e. The molecule has 1 aliphatic rings. The molecule has 0 atom stereocenters. The van der Waals surface area contributed by atoms with Crippen molar-refractivity contribution in [2.75, 3.05) is 0 Å². The Morgan fingerprint density at radius 2 is 1.70 bits per heavy atom. The fraction of sp³-hybridized carbons (Fsp3) is 0.167. The van der Waals surface area contributed by atoms with Gasteiger partial charge in [-0.1, -0.05) is 22.0 Å². The normalized spacial score (nSPS) is 13.0. The maximum Gasteiger partial charge on any atom is 0.254 e. The standard InChI is InChI=1S/C24H21BrN4O/c1-16-5-10-20(13-17(16)2)29-23(27-11-3-4-12-27)21-14-28(15-22(21)26-29)24(30)18-6-8-19(25)9-7-18/h3-13H,14-15H2,1-2H3. The Hall–Kier alpha value is -3.12. The summed E-state index contributed by atoms with van der Waals surface area (Å²) in [5.74, 6) is 1.01. The number of nitrogens with zero attached hydrogens (tertiary/aromatic N) is 4. The number of carbonyl (C=O) groups is 1. The topological polar surface area (TPSA) is 43.1 Å². The van der Waals surface area contributed by atoms with E-state index in [9.17, 15) is 4.79 Å². The van der Waals surface area contributed by atoms with E-state index < -0.39 is 0 Å². The second-order valence-corrected chi connectivity index (χ2v) is 8.60. The van der Waals surface area contributed by atoms with Crippen molar-refractivity contribution in [3.63, 3.8) is 0 Å².